The zero-order chi connectivity index (χ0) is 14.2. The van der Waals surface area contributed by atoms with Crippen LogP contribution in [-0.2, 0) is 14.6 Å². The van der Waals surface area contributed by atoms with Crippen LogP contribution < -0.4 is 5.32 Å². The Bertz CT molecular complexity index is 404. The number of nitrogens with one attached hydrogen (secondary N) is 1. The molecule has 0 aromatic heterocycles. The van der Waals surface area contributed by atoms with E-state index in [1.807, 2.05) is 0 Å². The van der Waals surface area contributed by atoms with Crippen LogP contribution in [0.3, 0.4) is 0 Å². The standard InChI is InChI=1S/C10H18N2O5S/c1-3-6-12(8-9(13)14)10(15)11-5-7-18(16,17)4-2/h3H,1,4-8H2,2H3,(H,11,15)(H,13,14). The van der Waals surface area contributed by atoms with Gasteiger partial charge in [0.25, 0.3) is 0 Å². The fourth-order valence-electron chi connectivity index (χ4n) is 1.11. The van der Waals surface area contributed by atoms with E-state index in [-0.39, 0.29) is 24.6 Å². The van der Waals surface area contributed by atoms with Crippen molar-refractivity contribution in [1.29, 1.82) is 0 Å². The molecule has 0 rings (SSSR count). The first-order valence-corrected chi connectivity index (χ1v) is 7.20. The normalized spacial score (nSPS) is 10.7. The van der Waals surface area contributed by atoms with E-state index >= 15 is 0 Å². The lowest BCUT2D eigenvalue weighted by Gasteiger charge is -2.19. The molecule has 0 bridgehead atoms. The van der Waals surface area contributed by atoms with E-state index in [1.54, 1.807) is 0 Å². The summed E-state index contributed by atoms with van der Waals surface area (Å²) in [4.78, 5) is 23.1. The van der Waals surface area contributed by atoms with Crippen molar-refractivity contribution in [3.63, 3.8) is 0 Å². The molecule has 7 nitrogen and oxygen atoms in total. The summed E-state index contributed by atoms with van der Waals surface area (Å²) in [6, 6.07) is -0.622. The Balaban J connectivity index is 4.26. The molecule has 2 N–H and O–H groups in total. The van der Waals surface area contributed by atoms with Gasteiger partial charge in [-0.1, -0.05) is 13.0 Å². The number of carboxylic acid groups (broad SMARTS) is 1. The van der Waals surface area contributed by atoms with Gasteiger partial charge in [-0.25, -0.2) is 13.2 Å². The molecular formula is C10H18N2O5S. The Morgan fingerprint density at radius 3 is 2.50 bits per heavy atom. The summed E-state index contributed by atoms with van der Waals surface area (Å²) < 4.78 is 22.4. The van der Waals surface area contributed by atoms with Gasteiger partial charge >= 0.3 is 12.0 Å². The Labute approximate surface area is 106 Å². The minimum absolute atomic E-state index is 0.00830. The van der Waals surface area contributed by atoms with E-state index in [2.05, 4.69) is 11.9 Å². The highest BCUT2D eigenvalue weighted by molar-refractivity contribution is 7.91. The molecule has 0 fully saturated rings. The molecule has 0 aromatic carbocycles. The number of rotatable bonds is 8. The summed E-state index contributed by atoms with van der Waals surface area (Å²) in [7, 11) is -3.15. The van der Waals surface area contributed by atoms with Crippen LogP contribution in [0.2, 0.25) is 0 Å². The summed E-state index contributed by atoms with van der Waals surface area (Å²) in [5, 5.41) is 11.0. The third kappa shape index (κ3) is 6.89. The average molecular weight is 278 g/mol. The maximum absolute atomic E-state index is 11.6. The van der Waals surface area contributed by atoms with Gasteiger partial charge in [-0.05, 0) is 0 Å². The molecule has 8 heteroatoms. The highest BCUT2D eigenvalue weighted by atomic mass is 32.2. The van der Waals surface area contributed by atoms with Gasteiger partial charge in [0.1, 0.15) is 6.54 Å². The number of hydrogen-bond donors (Lipinski definition) is 2. The number of carbonyl (C=O) groups excluding carboxylic acids is 1. The lowest BCUT2D eigenvalue weighted by molar-refractivity contribution is -0.137. The van der Waals surface area contributed by atoms with Crippen LogP contribution in [0.5, 0.6) is 0 Å². The van der Waals surface area contributed by atoms with E-state index in [0.29, 0.717) is 0 Å². The van der Waals surface area contributed by atoms with Gasteiger partial charge in [0, 0.05) is 18.8 Å². The summed E-state index contributed by atoms with van der Waals surface area (Å²) in [5.74, 6) is -1.30. The van der Waals surface area contributed by atoms with Gasteiger partial charge in [0.2, 0.25) is 0 Å². The summed E-state index contributed by atoms with van der Waals surface area (Å²) in [5.41, 5.74) is 0. The first-order chi connectivity index (χ1) is 8.32. The number of carboxylic acids is 1. The van der Waals surface area contributed by atoms with Crippen molar-refractivity contribution >= 4 is 21.8 Å². The zero-order valence-electron chi connectivity index (χ0n) is 10.3. The molecule has 0 heterocycles. The van der Waals surface area contributed by atoms with Crippen LogP contribution in [0.15, 0.2) is 12.7 Å². The molecule has 0 spiro atoms. The second-order valence-electron chi connectivity index (χ2n) is 3.53. The van der Waals surface area contributed by atoms with E-state index in [0.717, 1.165) is 4.90 Å². The molecule has 0 unspecified atom stereocenters. The van der Waals surface area contributed by atoms with Gasteiger partial charge < -0.3 is 15.3 Å². The van der Waals surface area contributed by atoms with Crippen LogP contribution in [0.1, 0.15) is 6.92 Å². The minimum Gasteiger partial charge on any atom is -0.480 e. The molecule has 0 aliphatic rings. The lowest BCUT2D eigenvalue weighted by Crippen LogP contribution is -2.44. The molecule has 0 aliphatic carbocycles. The van der Waals surface area contributed by atoms with Crippen LogP contribution in [0.25, 0.3) is 0 Å². The van der Waals surface area contributed by atoms with Crippen LogP contribution in [0, 0.1) is 0 Å². The molecule has 0 radical (unpaired) electrons. The number of amides is 2. The van der Waals surface area contributed by atoms with Crippen molar-refractivity contribution in [2.75, 3.05) is 31.1 Å². The predicted molar refractivity (Wildman–Crippen MR) is 67.1 cm³/mol. The minimum atomic E-state index is -3.15. The van der Waals surface area contributed by atoms with Crippen molar-refractivity contribution < 1.29 is 23.1 Å². The number of sulfone groups is 1. The van der Waals surface area contributed by atoms with E-state index in [9.17, 15) is 18.0 Å². The first-order valence-electron chi connectivity index (χ1n) is 5.38. The number of carbonyl (C=O) groups is 2. The first kappa shape index (κ1) is 16.4. The van der Waals surface area contributed by atoms with Crippen molar-refractivity contribution in [3.05, 3.63) is 12.7 Å². The molecule has 0 atom stereocenters. The van der Waals surface area contributed by atoms with E-state index < -0.39 is 28.4 Å². The SMILES string of the molecule is C=CCN(CC(=O)O)C(=O)NCCS(=O)(=O)CC. The Hall–Kier alpha value is -1.57. The smallest absolute Gasteiger partial charge is 0.323 e. The molecule has 2 amide bonds. The molecule has 104 valence electrons. The fraction of sp³-hybridized carbons (Fsp3) is 0.600. The molecule has 0 aliphatic heterocycles. The van der Waals surface area contributed by atoms with Crippen LogP contribution in [0.4, 0.5) is 4.79 Å². The Kier molecular flexibility index (Phi) is 7.03. The van der Waals surface area contributed by atoms with Gasteiger partial charge in [0.15, 0.2) is 9.84 Å². The van der Waals surface area contributed by atoms with Crippen molar-refractivity contribution in [1.82, 2.24) is 10.2 Å². The third-order valence-corrected chi connectivity index (χ3v) is 3.80. The van der Waals surface area contributed by atoms with Crippen LogP contribution >= 0.6 is 0 Å². The highest BCUT2D eigenvalue weighted by Crippen LogP contribution is 1.92. The summed E-state index contributed by atoms with van der Waals surface area (Å²) in [6.45, 7) is 4.51. The van der Waals surface area contributed by atoms with Crippen LogP contribution in [-0.4, -0.2) is 61.6 Å². The van der Waals surface area contributed by atoms with Crippen molar-refractivity contribution in [2.45, 2.75) is 6.92 Å². The average Bonchev–Trinajstić information content (AvgIpc) is 2.27. The molecule has 0 saturated carbocycles. The number of nitrogens with zero attached hydrogens (tertiary/aromatic N) is 1. The molecule has 0 saturated heterocycles. The molecule has 18 heavy (non-hydrogen) atoms. The van der Waals surface area contributed by atoms with Gasteiger partial charge in [-0.3, -0.25) is 4.79 Å². The van der Waals surface area contributed by atoms with Crippen molar-refractivity contribution in [2.24, 2.45) is 0 Å². The zero-order valence-corrected chi connectivity index (χ0v) is 11.1. The summed E-state index contributed by atoms with van der Waals surface area (Å²) >= 11 is 0. The second-order valence-corrected chi connectivity index (χ2v) is 6.00. The highest BCUT2D eigenvalue weighted by Gasteiger charge is 2.15. The number of hydrogen-bond acceptors (Lipinski definition) is 4. The largest absolute Gasteiger partial charge is 0.480 e. The summed E-state index contributed by atoms with van der Waals surface area (Å²) in [6.07, 6.45) is 1.39. The maximum atomic E-state index is 11.6. The Morgan fingerprint density at radius 1 is 1.44 bits per heavy atom. The number of aliphatic carboxylic acids is 1. The third-order valence-electron chi connectivity index (χ3n) is 2.09. The van der Waals surface area contributed by atoms with E-state index in [4.69, 9.17) is 5.11 Å². The van der Waals surface area contributed by atoms with Gasteiger partial charge in [0.05, 0.1) is 5.75 Å². The second kappa shape index (κ2) is 7.70. The lowest BCUT2D eigenvalue weighted by atomic mass is 10.5. The van der Waals surface area contributed by atoms with E-state index in [1.165, 1.54) is 13.0 Å². The number of urea groups is 1. The monoisotopic (exact) mass is 278 g/mol. The molecular weight excluding hydrogens is 260 g/mol. The van der Waals surface area contributed by atoms with Gasteiger partial charge in [-0.15, -0.1) is 6.58 Å². The quantitative estimate of drug-likeness (QED) is 0.593. The topological polar surface area (TPSA) is 104 Å². The maximum Gasteiger partial charge on any atom is 0.323 e. The predicted octanol–water partition coefficient (Wildman–Crippen LogP) is -0.297. The van der Waals surface area contributed by atoms with Gasteiger partial charge in [-0.2, -0.15) is 0 Å². The fourth-order valence-corrected chi connectivity index (χ4v) is 1.81. The van der Waals surface area contributed by atoms with Crippen molar-refractivity contribution in [3.8, 4) is 0 Å². The Morgan fingerprint density at radius 2 is 2.06 bits per heavy atom. The molecule has 0 aromatic rings.